The third-order valence-electron chi connectivity index (χ3n) is 3.76. The number of thiazole rings is 1. The molecule has 0 saturated heterocycles. The predicted octanol–water partition coefficient (Wildman–Crippen LogP) is 4.36. The molecule has 9 heteroatoms. The highest BCUT2D eigenvalue weighted by molar-refractivity contribution is 7.13. The fourth-order valence-electron chi connectivity index (χ4n) is 2.48. The van der Waals surface area contributed by atoms with Gasteiger partial charge < -0.3 is 9.52 Å². The molecule has 1 amide bonds. The van der Waals surface area contributed by atoms with Gasteiger partial charge in [-0.05, 0) is 30.3 Å². The summed E-state index contributed by atoms with van der Waals surface area (Å²) >= 11 is 1.22. The first-order valence-corrected chi connectivity index (χ1v) is 8.85. The second-order valence-electron chi connectivity index (χ2n) is 5.69. The molecule has 0 atom stereocenters. The lowest BCUT2D eigenvalue weighted by atomic mass is 10.1. The number of amides is 1. The van der Waals surface area contributed by atoms with Gasteiger partial charge in [-0.1, -0.05) is 0 Å². The van der Waals surface area contributed by atoms with Crippen LogP contribution in [0.15, 0.2) is 63.5 Å². The van der Waals surface area contributed by atoms with E-state index in [-0.39, 0.29) is 28.1 Å². The van der Waals surface area contributed by atoms with Crippen molar-refractivity contribution in [3.63, 3.8) is 0 Å². The molecule has 4 aromatic rings. The summed E-state index contributed by atoms with van der Waals surface area (Å²) in [4.78, 5) is 20.7. The lowest BCUT2D eigenvalue weighted by molar-refractivity contribution is 0.102. The molecular weight excluding hydrogens is 388 g/mol. The van der Waals surface area contributed by atoms with Gasteiger partial charge in [0, 0.05) is 29.1 Å². The van der Waals surface area contributed by atoms with Crippen LogP contribution in [0.2, 0.25) is 0 Å². The van der Waals surface area contributed by atoms with E-state index in [1.165, 1.54) is 35.7 Å². The molecule has 0 fully saturated rings. The highest BCUT2D eigenvalue weighted by Crippen LogP contribution is 2.22. The number of benzene rings is 2. The fourth-order valence-corrected chi connectivity index (χ4v) is 3.01. The van der Waals surface area contributed by atoms with Gasteiger partial charge in [0.25, 0.3) is 5.91 Å². The molecule has 0 spiro atoms. The van der Waals surface area contributed by atoms with Crippen LogP contribution in [0.3, 0.4) is 0 Å². The number of carbonyl (C=O) groups excluding carboxylic acids is 1. The molecule has 140 valence electrons. The van der Waals surface area contributed by atoms with Gasteiger partial charge in [-0.2, -0.15) is 0 Å². The highest BCUT2D eigenvalue weighted by atomic mass is 32.1. The van der Waals surface area contributed by atoms with E-state index in [9.17, 15) is 18.7 Å². The highest BCUT2D eigenvalue weighted by Gasteiger charge is 2.15. The first-order chi connectivity index (χ1) is 13.5. The first kappa shape index (κ1) is 17.8. The fraction of sp³-hybridized carbons (Fsp3) is 0. The van der Waals surface area contributed by atoms with Gasteiger partial charge in [0.15, 0.2) is 5.13 Å². The normalized spacial score (nSPS) is 11.7. The summed E-state index contributed by atoms with van der Waals surface area (Å²) in [5.74, 6) is -2.10. The zero-order chi connectivity index (χ0) is 19.7. The standard InChI is InChI=1S/C19H11F2N3O3S/c20-11-2-4-14(21)15(8-11)23-18-13(17(26)24-19-22-5-6-28-19)7-10-1-3-12(25)9-16(10)27-18/h1-9,25H,(H,22,24,26). The number of halogens is 2. The molecule has 0 unspecified atom stereocenters. The Balaban J connectivity index is 1.92. The average molecular weight is 399 g/mol. The number of nitrogens with one attached hydrogen (secondary N) is 1. The van der Waals surface area contributed by atoms with E-state index in [2.05, 4.69) is 15.3 Å². The molecule has 0 radical (unpaired) electrons. The number of rotatable bonds is 3. The molecule has 6 nitrogen and oxygen atoms in total. The van der Waals surface area contributed by atoms with Crippen LogP contribution in [0.1, 0.15) is 10.4 Å². The molecule has 2 N–H and O–H groups in total. The smallest absolute Gasteiger partial charge is 0.262 e. The quantitative estimate of drug-likeness (QED) is 0.536. The maximum absolute atomic E-state index is 14.0. The van der Waals surface area contributed by atoms with Crippen molar-refractivity contribution < 1.29 is 23.1 Å². The van der Waals surface area contributed by atoms with Crippen molar-refractivity contribution >= 4 is 39.0 Å². The zero-order valence-corrected chi connectivity index (χ0v) is 14.8. The van der Waals surface area contributed by atoms with Gasteiger partial charge in [-0.3, -0.25) is 10.1 Å². The van der Waals surface area contributed by atoms with E-state index in [0.717, 1.165) is 18.2 Å². The average Bonchev–Trinajstić information content (AvgIpc) is 3.17. The molecule has 4 rings (SSSR count). The number of phenols is 1. The van der Waals surface area contributed by atoms with Crippen molar-refractivity contribution in [1.82, 2.24) is 4.98 Å². The Bertz CT molecular complexity index is 1250. The molecule has 0 saturated carbocycles. The maximum atomic E-state index is 14.0. The van der Waals surface area contributed by atoms with Crippen molar-refractivity contribution in [3.05, 3.63) is 76.8 Å². The number of hydrogen-bond donors (Lipinski definition) is 2. The van der Waals surface area contributed by atoms with Gasteiger partial charge in [0.2, 0.25) is 5.55 Å². The van der Waals surface area contributed by atoms with Crippen LogP contribution in [0.4, 0.5) is 19.6 Å². The molecule has 0 bridgehead atoms. The summed E-state index contributed by atoms with van der Waals surface area (Å²) < 4.78 is 33.1. The Morgan fingerprint density at radius 3 is 2.82 bits per heavy atom. The number of aromatic nitrogens is 1. The van der Waals surface area contributed by atoms with Gasteiger partial charge in [0.1, 0.15) is 34.2 Å². The van der Waals surface area contributed by atoms with E-state index in [0.29, 0.717) is 10.5 Å². The predicted molar refractivity (Wildman–Crippen MR) is 99.5 cm³/mol. The Morgan fingerprint density at radius 1 is 1.18 bits per heavy atom. The number of phenolic OH excluding ortho intramolecular Hbond substituents is 1. The minimum atomic E-state index is -0.779. The van der Waals surface area contributed by atoms with Crippen LogP contribution in [0.25, 0.3) is 11.0 Å². The van der Waals surface area contributed by atoms with Crippen molar-refractivity contribution in [2.24, 2.45) is 4.99 Å². The van der Waals surface area contributed by atoms with Crippen LogP contribution in [-0.4, -0.2) is 16.0 Å². The molecular formula is C19H11F2N3O3S. The summed E-state index contributed by atoms with van der Waals surface area (Å²) in [6, 6.07) is 8.58. The summed E-state index contributed by atoms with van der Waals surface area (Å²) in [7, 11) is 0. The van der Waals surface area contributed by atoms with E-state index >= 15 is 0 Å². The van der Waals surface area contributed by atoms with Crippen molar-refractivity contribution in [1.29, 1.82) is 0 Å². The Morgan fingerprint density at radius 2 is 2.04 bits per heavy atom. The monoisotopic (exact) mass is 399 g/mol. The van der Waals surface area contributed by atoms with Crippen LogP contribution < -0.4 is 10.9 Å². The van der Waals surface area contributed by atoms with E-state index in [1.807, 2.05) is 0 Å². The van der Waals surface area contributed by atoms with Crippen LogP contribution in [0, 0.1) is 11.6 Å². The third kappa shape index (κ3) is 3.60. The Labute approximate surface area is 160 Å². The first-order valence-electron chi connectivity index (χ1n) is 7.97. The summed E-state index contributed by atoms with van der Waals surface area (Å²) in [5.41, 5.74) is -0.346. The maximum Gasteiger partial charge on any atom is 0.262 e. The molecule has 0 aliphatic carbocycles. The second-order valence-corrected chi connectivity index (χ2v) is 6.58. The van der Waals surface area contributed by atoms with Gasteiger partial charge >= 0.3 is 0 Å². The molecule has 2 aromatic carbocycles. The lowest BCUT2D eigenvalue weighted by Crippen LogP contribution is -2.21. The number of nitrogens with zero attached hydrogens (tertiary/aromatic N) is 2. The minimum absolute atomic E-state index is 0.00273. The van der Waals surface area contributed by atoms with Gasteiger partial charge in [0.05, 0.1) is 0 Å². The third-order valence-corrected chi connectivity index (χ3v) is 4.45. The molecule has 2 aromatic heterocycles. The SMILES string of the molecule is O=C(Nc1nccs1)c1cc2ccc(O)cc2oc1=Nc1cc(F)ccc1F. The largest absolute Gasteiger partial charge is 0.508 e. The Hall–Kier alpha value is -3.59. The van der Waals surface area contributed by atoms with E-state index in [4.69, 9.17) is 4.42 Å². The van der Waals surface area contributed by atoms with Gasteiger partial charge in [-0.25, -0.2) is 18.8 Å². The number of aromatic hydroxyl groups is 1. The summed E-state index contributed by atoms with van der Waals surface area (Å²) in [6.45, 7) is 0. The minimum Gasteiger partial charge on any atom is -0.508 e. The Kier molecular flexibility index (Phi) is 4.58. The number of hydrogen-bond acceptors (Lipinski definition) is 6. The molecule has 0 aliphatic heterocycles. The molecule has 28 heavy (non-hydrogen) atoms. The molecule has 0 aliphatic rings. The van der Waals surface area contributed by atoms with Crippen molar-refractivity contribution in [2.45, 2.75) is 0 Å². The lowest BCUT2D eigenvalue weighted by Gasteiger charge is -2.06. The molecule has 2 heterocycles. The van der Waals surface area contributed by atoms with Crippen LogP contribution >= 0.6 is 11.3 Å². The van der Waals surface area contributed by atoms with Crippen molar-refractivity contribution in [3.8, 4) is 5.75 Å². The van der Waals surface area contributed by atoms with Crippen LogP contribution in [-0.2, 0) is 0 Å². The van der Waals surface area contributed by atoms with Crippen LogP contribution in [0.5, 0.6) is 5.75 Å². The number of anilines is 1. The van der Waals surface area contributed by atoms with Gasteiger partial charge in [-0.15, -0.1) is 11.3 Å². The number of fused-ring (bicyclic) bond motifs is 1. The van der Waals surface area contributed by atoms with E-state index in [1.54, 1.807) is 11.4 Å². The van der Waals surface area contributed by atoms with E-state index < -0.39 is 17.5 Å². The summed E-state index contributed by atoms with van der Waals surface area (Å²) in [5, 5.41) is 14.8. The summed E-state index contributed by atoms with van der Waals surface area (Å²) in [6.07, 6.45) is 1.53. The topological polar surface area (TPSA) is 87.7 Å². The van der Waals surface area contributed by atoms with Crippen molar-refractivity contribution in [2.75, 3.05) is 5.32 Å². The second kappa shape index (κ2) is 7.20. The zero-order valence-electron chi connectivity index (χ0n) is 14.0. The number of carbonyl (C=O) groups is 1.